The summed E-state index contributed by atoms with van der Waals surface area (Å²) < 4.78 is 6.45. The van der Waals surface area contributed by atoms with Crippen molar-refractivity contribution >= 4 is 33.5 Å². The van der Waals surface area contributed by atoms with Crippen LogP contribution >= 0.6 is 0 Å². The van der Waals surface area contributed by atoms with Crippen LogP contribution < -0.4 is 0 Å². The molecule has 12 nitrogen and oxygen atoms in total. The first kappa shape index (κ1) is 45.1. The lowest BCUT2D eigenvalue weighted by molar-refractivity contribution is 1.05. The predicted octanol–water partition coefficient (Wildman–Crippen LogP) is 13.9. The van der Waals surface area contributed by atoms with Crippen molar-refractivity contribution in [2.75, 3.05) is 0 Å². The summed E-state index contributed by atoms with van der Waals surface area (Å²) in [6.45, 7) is 12.6. The maximum atomic E-state index is 5.32. The zero-order chi connectivity index (χ0) is 50.9. The van der Waals surface area contributed by atoms with Gasteiger partial charge in [-0.1, -0.05) is 91.0 Å². The van der Waals surface area contributed by atoms with Gasteiger partial charge in [0.1, 0.15) is 34.0 Å². The SMILES string of the molecule is Cc1cc(-c2nc3cccnc3n2-c2ccccc2C)ccc1-c1nc(-c2ccc(-c3nc4cccnc4n3-c3ccccc3C)cc2C)nc(-c2ccc(-c3nc4cccnc4n3-c3ccccc3C)cc2C)n1. The summed E-state index contributed by atoms with van der Waals surface area (Å²) in [6, 6.07) is 55.9. The molecule has 0 atom stereocenters. The molecule has 0 spiro atoms. The minimum atomic E-state index is 0.555. The van der Waals surface area contributed by atoms with E-state index >= 15 is 0 Å². The molecule has 0 saturated carbocycles. The highest BCUT2D eigenvalue weighted by Gasteiger charge is 2.23. The van der Waals surface area contributed by atoms with Crippen molar-refractivity contribution in [3.63, 3.8) is 0 Å². The first-order valence-electron chi connectivity index (χ1n) is 25.0. The number of nitrogens with zero attached hydrogens (tertiary/aromatic N) is 12. The van der Waals surface area contributed by atoms with Gasteiger partial charge in [-0.3, -0.25) is 13.7 Å². The number of hydrogen-bond acceptors (Lipinski definition) is 9. The Balaban J connectivity index is 0.960. The number of hydrogen-bond donors (Lipinski definition) is 0. The van der Waals surface area contributed by atoms with Crippen molar-refractivity contribution in [3.05, 3.63) is 216 Å². The third kappa shape index (κ3) is 7.73. The molecule has 0 aliphatic rings. The van der Waals surface area contributed by atoms with Crippen molar-refractivity contribution in [1.29, 1.82) is 0 Å². The summed E-state index contributed by atoms with van der Waals surface area (Å²) in [6.07, 6.45) is 5.45. The summed E-state index contributed by atoms with van der Waals surface area (Å²) in [5.41, 5.74) is 19.7. The van der Waals surface area contributed by atoms with Crippen LogP contribution in [0.1, 0.15) is 33.4 Å². The molecule has 7 aromatic heterocycles. The van der Waals surface area contributed by atoms with Gasteiger partial charge in [0.25, 0.3) is 0 Å². The molecule has 0 saturated heterocycles. The first-order chi connectivity index (χ1) is 36.7. The molecule has 12 heteroatoms. The highest BCUT2D eigenvalue weighted by atomic mass is 15.2. The van der Waals surface area contributed by atoms with E-state index in [1.165, 1.54) is 0 Å². The minimum absolute atomic E-state index is 0.555. The topological polar surface area (TPSA) is 131 Å². The van der Waals surface area contributed by atoms with Crippen molar-refractivity contribution in [2.45, 2.75) is 41.5 Å². The predicted molar refractivity (Wildman–Crippen MR) is 298 cm³/mol. The van der Waals surface area contributed by atoms with Gasteiger partial charge in [0.2, 0.25) is 0 Å². The lowest BCUT2D eigenvalue weighted by atomic mass is 10.0. The molecule has 0 radical (unpaired) electrons. The fourth-order valence-electron chi connectivity index (χ4n) is 10.3. The monoisotopic (exact) mass is 972 g/mol. The summed E-state index contributed by atoms with van der Waals surface area (Å²) in [5.74, 6) is 4.07. The molecule has 13 aromatic rings. The van der Waals surface area contributed by atoms with E-state index in [1.54, 1.807) is 0 Å². The second-order valence-electron chi connectivity index (χ2n) is 19.1. The van der Waals surface area contributed by atoms with E-state index in [4.69, 9.17) is 44.9 Å². The van der Waals surface area contributed by atoms with Gasteiger partial charge >= 0.3 is 0 Å². The third-order valence-electron chi connectivity index (χ3n) is 14.1. The Kier molecular flexibility index (Phi) is 10.8. The molecular formula is C63H48N12. The lowest BCUT2D eigenvalue weighted by Gasteiger charge is -2.16. The van der Waals surface area contributed by atoms with Crippen LogP contribution in [-0.4, -0.2) is 58.6 Å². The summed E-state index contributed by atoms with van der Waals surface area (Å²) in [5, 5.41) is 0. The van der Waals surface area contributed by atoms with Crippen LogP contribution in [0.2, 0.25) is 0 Å². The molecule has 0 aliphatic carbocycles. The second-order valence-corrected chi connectivity index (χ2v) is 19.1. The molecule has 0 amide bonds. The molecule has 0 aliphatic heterocycles. The molecule has 0 unspecified atom stereocenters. The van der Waals surface area contributed by atoms with E-state index in [1.807, 2.05) is 55.0 Å². The lowest BCUT2D eigenvalue weighted by Crippen LogP contribution is -2.04. The van der Waals surface area contributed by atoms with Crippen LogP contribution in [0.25, 0.3) is 119 Å². The van der Waals surface area contributed by atoms with Crippen LogP contribution in [0.15, 0.2) is 182 Å². The van der Waals surface area contributed by atoms with Gasteiger partial charge in [-0.25, -0.2) is 44.9 Å². The molecule has 13 rings (SSSR count). The quantitative estimate of drug-likeness (QED) is 0.139. The van der Waals surface area contributed by atoms with Gasteiger partial charge in [0.05, 0.1) is 17.1 Å². The number of aromatic nitrogens is 12. The number of fused-ring (bicyclic) bond motifs is 3. The van der Waals surface area contributed by atoms with E-state index in [2.05, 4.69) is 183 Å². The normalized spacial score (nSPS) is 11.6. The van der Waals surface area contributed by atoms with Crippen molar-refractivity contribution in [1.82, 2.24) is 58.6 Å². The number of pyridine rings is 3. The van der Waals surface area contributed by atoms with E-state index in [0.717, 1.165) is 135 Å². The number of imidazole rings is 3. The average Bonchev–Trinajstić information content (AvgIpc) is 4.13. The van der Waals surface area contributed by atoms with Gasteiger partial charge in [-0.15, -0.1) is 0 Å². The molecule has 0 fully saturated rings. The number of benzene rings is 6. The highest BCUT2D eigenvalue weighted by molar-refractivity contribution is 5.85. The molecule has 75 heavy (non-hydrogen) atoms. The van der Waals surface area contributed by atoms with Crippen LogP contribution in [0.5, 0.6) is 0 Å². The van der Waals surface area contributed by atoms with E-state index in [0.29, 0.717) is 17.5 Å². The maximum Gasteiger partial charge on any atom is 0.164 e. The first-order valence-corrected chi connectivity index (χ1v) is 25.0. The van der Waals surface area contributed by atoms with Crippen LogP contribution in [0, 0.1) is 41.5 Å². The molecule has 0 N–H and O–H groups in total. The van der Waals surface area contributed by atoms with E-state index in [9.17, 15) is 0 Å². The minimum Gasteiger partial charge on any atom is -0.276 e. The summed E-state index contributed by atoms with van der Waals surface area (Å²) in [7, 11) is 0. The Morgan fingerprint density at radius 3 is 0.853 bits per heavy atom. The van der Waals surface area contributed by atoms with Crippen molar-refractivity contribution in [2.24, 2.45) is 0 Å². The van der Waals surface area contributed by atoms with Gasteiger partial charge in [0.15, 0.2) is 34.4 Å². The van der Waals surface area contributed by atoms with E-state index < -0.39 is 0 Å². The Morgan fingerprint density at radius 1 is 0.280 bits per heavy atom. The zero-order valence-electron chi connectivity index (χ0n) is 42.2. The van der Waals surface area contributed by atoms with Gasteiger partial charge in [-0.05, 0) is 148 Å². The Labute approximate surface area is 432 Å². The third-order valence-corrected chi connectivity index (χ3v) is 14.1. The molecule has 6 aromatic carbocycles. The molecule has 360 valence electrons. The summed E-state index contributed by atoms with van der Waals surface area (Å²) >= 11 is 0. The Morgan fingerprint density at radius 2 is 0.573 bits per heavy atom. The van der Waals surface area contributed by atoms with Crippen molar-refractivity contribution in [3.8, 4) is 85.4 Å². The number of rotatable bonds is 9. The van der Waals surface area contributed by atoms with Crippen LogP contribution in [-0.2, 0) is 0 Å². The Hall–Kier alpha value is -9.81. The van der Waals surface area contributed by atoms with Crippen LogP contribution in [0.4, 0.5) is 0 Å². The van der Waals surface area contributed by atoms with Crippen molar-refractivity contribution < 1.29 is 0 Å². The second kappa shape index (κ2) is 18.0. The molecule has 7 heterocycles. The van der Waals surface area contributed by atoms with Gasteiger partial charge in [0, 0.05) is 52.0 Å². The smallest absolute Gasteiger partial charge is 0.164 e. The maximum absolute atomic E-state index is 5.32. The average molecular weight is 973 g/mol. The van der Waals surface area contributed by atoms with E-state index in [-0.39, 0.29) is 0 Å². The highest BCUT2D eigenvalue weighted by Crippen LogP contribution is 2.38. The molecule has 0 bridgehead atoms. The van der Waals surface area contributed by atoms with Gasteiger partial charge in [-0.2, -0.15) is 0 Å². The fraction of sp³-hybridized carbons (Fsp3) is 0.0952. The largest absolute Gasteiger partial charge is 0.276 e. The number of aryl methyl sites for hydroxylation is 6. The standard InChI is InChI=1S/C63H48N12/c1-37-16-7-10-22-52(37)73-58(67-49-19-13-31-64-61(49)73)43-25-28-46(40(4)34-43)55-70-56(47-29-26-44(35-41(47)5)59-68-50-20-14-32-65-62(50)74(59)53-23-11-8-17-38(53)2)72-57(71-55)48-30-27-45(36-42(48)6)60-69-51-21-15-33-66-63(51)75(60)54-24-12-9-18-39(54)3/h7-36H,1-6H3. The zero-order valence-corrected chi connectivity index (χ0v) is 42.2. The summed E-state index contributed by atoms with van der Waals surface area (Å²) in [4.78, 5) is 45.8. The van der Waals surface area contributed by atoms with Crippen LogP contribution in [0.3, 0.4) is 0 Å². The molecular weight excluding hydrogens is 925 g/mol. The Bertz CT molecular complexity index is 3950. The van der Waals surface area contributed by atoms with Gasteiger partial charge < -0.3 is 0 Å². The number of para-hydroxylation sites is 3. The fourth-order valence-corrected chi connectivity index (χ4v) is 10.3.